The summed E-state index contributed by atoms with van der Waals surface area (Å²) in [4.78, 5) is 17.6. The zero-order chi connectivity index (χ0) is 13.2. The number of benzene rings is 2. The second-order valence-electron chi connectivity index (χ2n) is 4.66. The van der Waals surface area contributed by atoms with Crippen LogP contribution in [0, 0.1) is 0 Å². The molecule has 0 aromatic heterocycles. The van der Waals surface area contributed by atoms with E-state index in [4.69, 9.17) is 4.84 Å². The number of hydrogen-bond donors (Lipinski definition) is 1. The lowest BCUT2D eigenvalue weighted by atomic mass is 10.1. The fraction of sp³-hybridized carbons (Fsp3) is 0.267. The number of aromatic hydroxyl groups is 1. The van der Waals surface area contributed by atoms with Gasteiger partial charge in [-0.05, 0) is 35.7 Å². The average molecular weight is 257 g/mol. The van der Waals surface area contributed by atoms with Crippen molar-refractivity contribution in [2.24, 2.45) is 0 Å². The van der Waals surface area contributed by atoms with Crippen LogP contribution in [-0.2, 0) is 4.84 Å². The summed E-state index contributed by atoms with van der Waals surface area (Å²) < 4.78 is 0. The Bertz CT molecular complexity index is 618. The van der Waals surface area contributed by atoms with Crippen LogP contribution in [0.2, 0.25) is 0 Å². The van der Waals surface area contributed by atoms with Gasteiger partial charge in [0.1, 0.15) is 5.75 Å². The minimum atomic E-state index is -0.275. The molecule has 1 fully saturated rings. The van der Waals surface area contributed by atoms with Crippen LogP contribution in [0.4, 0.5) is 0 Å². The molecule has 4 heteroatoms. The number of hydroxylamine groups is 2. The van der Waals surface area contributed by atoms with Crippen LogP contribution in [0.25, 0.3) is 10.8 Å². The van der Waals surface area contributed by atoms with Crippen molar-refractivity contribution in [1.29, 1.82) is 0 Å². The summed E-state index contributed by atoms with van der Waals surface area (Å²) in [7, 11) is 0. The van der Waals surface area contributed by atoms with Gasteiger partial charge in [-0.1, -0.05) is 24.3 Å². The molecule has 0 spiro atoms. The number of carbonyl (C=O) groups excluding carboxylic acids is 1. The third-order valence-electron chi connectivity index (χ3n) is 3.32. The molecule has 1 heterocycles. The molecular weight excluding hydrogens is 242 g/mol. The van der Waals surface area contributed by atoms with Gasteiger partial charge < -0.3 is 5.11 Å². The van der Waals surface area contributed by atoms with Crippen molar-refractivity contribution in [3.63, 3.8) is 0 Å². The van der Waals surface area contributed by atoms with Gasteiger partial charge in [-0.15, -0.1) is 0 Å². The first-order chi connectivity index (χ1) is 9.25. The smallest absolute Gasteiger partial charge is 0.281 e. The third-order valence-corrected chi connectivity index (χ3v) is 3.32. The predicted molar refractivity (Wildman–Crippen MR) is 71.8 cm³/mol. The van der Waals surface area contributed by atoms with Gasteiger partial charge in [-0.2, -0.15) is 0 Å². The first-order valence-corrected chi connectivity index (χ1v) is 6.42. The molecule has 1 aliphatic heterocycles. The molecule has 1 aliphatic rings. The summed E-state index contributed by atoms with van der Waals surface area (Å²) in [5.41, 5.74) is 0.292. The van der Waals surface area contributed by atoms with Crippen LogP contribution >= 0.6 is 0 Å². The van der Waals surface area contributed by atoms with E-state index >= 15 is 0 Å². The fourth-order valence-electron chi connectivity index (χ4n) is 2.29. The van der Waals surface area contributed by atoms with Crippen LogP contribution in [-0.4, -0.2) is 29.2 Å². The lowest BCUT2D eigenvalue weighted by Crippen LogP contribution is -2.35. The number of amides is 1. The second-order valence-corrected chi connectivity index (χ2v) is 4.66. The Morgan fingerprint density at radius 2 is 1.89 bits per heavy atom. The summed E-state index contributed by atoms with van der Waals surface area (Å²) >= 11 is 0. The maximum absolute atomic E-state index is 12.3. The molecule has 0 saturated carbocycles. The molecular formula is C15H15NO3. The molecule has 0 aliphatic carbocycles. The predicted octanol–water partition coefficient (Wildman–Crippen LogP) is 2.71. The maximum atomic E-state index is 12.3. The van der Waals surface area contributed by atoms with E-state index in [0.717, 1.165) is 23.6 Å². The van der Waals surface area contributed by atoms with E-state index in [1.165, 1.54) is 5.06 Å². The number of rotatable bonds is 1. The minimum absolute atomic E-state index is 0.00197. The molecule has 3 rings (SSSR count). The summed E-state index contributed by atoms with van der Waals surface area (Å²) in [6.45, 7) is 1.13. The average Bonchev–Trinajstić information content (AvgIpc) is 2.47. The van der Waals surface area contributed by atoms with E-state index < -0.39 is 0 Å². The molecule has 98 valence electrons. The minimum Gasteiger partial charge on any atom is -0.507 e. The van der Waals surface area contributed by atoms with Gasteiger partial charge in [0.2, 0.25) is 0 Å². The first kappa shape index (κ1) is 12.0. The Balaban J connectivity index is 1.99. The summed E-state index contributed by atoms with van der Waals surface area (Å²) in [5, 5.41) is 13.2. The molecule has 1 amide bonds. The number of hydrogen-bond acceptors (Lipinski definition) is 3. The van der Waals surface area contributed by atoms with Gasteiger partial charge in [0.05, 0.1) is 12.2 Å². The maximum Gasteiger partial charge on any atom is 0.281 e. The Hall–Kier alpha value is -2.07. The SMILES string of the molecule is O=C(c1cc2ccccc2cc1O)N1CCCCO1. The fourth-order valence-corrected chi connectivity index (χ4v) is 2.29. The third kappa shape index (κ3) is 2.27. The van der Waals surface area contributed by atoms with E-state index in [1.54, 1.807) is 12.1 Å². The van der Waals surface area contributed by atoms with Gasteiger partial charge in [-0.25, -0.2) is 5.06 Å². The normalized spacial score (nSPS) is 15.7. The molecule has 0 atom stereocenters. The molecule has 1 N–H and O–H groups in total. The zero-order valence-electron chi connectivity index (χ0n) is 10.5. The van der Waals surface area contributed by atoms with E-state index in [2.05, 4.69) is 0 Å². The van der Waals surface area contributed by atoms with Crippen LogP contribution in [0.3, 0.4) is 0 Å². The number of carbonyl (C=O) groups is 1. The quantitative estimate of drug-likeness (QED) is 0.854. The van der Waals surface area contributed by atoms with Crippen LogP contribution in [0.15, 0.2) is 36.4 Å². The number of nitrogens with zero attached hydrogens (tertiary/aromatic N) is 1. The Morgan fingerprint density at radius 3 is 2.58 bits per heavy atom. The lowest BCUT2D eigenvalue weighted by molar-refractivity contribution is -0.144. The van der Waals surface area contributed by atoms with Crippen molar-refractivity contribution in [1.82, 2.24) is 5.06 Å². The monoisotopic (exact) mass is 257 g/mol. The van der Waals surface area contributed by atoms with Gasteiger partial charge >= 0.3 is 0 Å². The van der Waals surface area contributed by atoms with E-state index in [0.29, 0.717) is 18.7 Å². The molecule has 2 aromatic rings. The van der Waals surface area contributed by atoms with Gasteiger partial charge in [0, 0.05) is 6.54 Å². The molecule has 1 saturated heterocycles. The van der Waals surface area contributed by atoms with Crippen LogP contribution in [0.1, 0.15) is 23.2 Å². The van der Waals surface area contributed by atoms with Crippen molar-refractivity contribution in [3.05, 3.63) is 42.0 Å². The number of phenolic OH excluding ortho intramolecular Hbond substituents is 1. The van der Waals surface area contributed by atoms with Crippen molar-refractivity contribution in [2.75, 3.05) is 13.2 Å². The molecule has 4 nitrogen and oxygen atoms in total. The van der Waals surface area contributed by atoms with Crippen molar-refractivity contribution in [2.45, 2.75) is 12.8 Å². The van der Waals surface area contributed by atoms with Crippen molar-refractivity contribution in [3.8, 4) is 5.75 Å². The highest BCUT2D eigenvalue weighted by Gasteiger charge is 2.22. The largest absolute Gasteiger partial charge is 0.507 e. The van der Waals surface area contributed by atoms with Crippen LogP contribution < -0.4 is 0 Å². The number of phenols is 1. The molecule has 0 unspecified atom stereocenters. The molecule has 19 heavy (non-hydrogen) atoms. The highest BCUT2D eigenvalue weighted by atomic mass is 16.7. The highest BCUT2D eigenvalue weighted by molar-refractivity contribution is 6.01. The topological polar surface area (TPSA) is 49.8 Å². The molecule has 0 radical (unpaired) electrons. The van der Waals surface area contributed by atoms with Crippen molar-refractivity contribution >= 4 is 16.7 Å². The van der Waals surface area contributed by atoms with Crippen molar-refractivity contribution < 1.29 is 14.7 Å². The lowest BCUT2D eigenvalue weighted by Gasteiger charge is -2.26. The molecule has 0 bridgehead atoms. The standard InChI is InChI=1S/C15H15NO3/c17-14-10-12-6-2-1-5-11(12)9-13(14)15(18)16-7-3-4-8-19-16/h1-2,5-6,9-10,17H,3-4,7-8H2. The highest BCUT2D eigenvalue weighted by Crippen LogP contribution is 2.26. The Labute approximate surface area is 111 Å². The summed E-state index contributed by atoms with van der Waals surface area (Å²) in [5.74, 6) is -0.277. The molecule has 2 aromatic carbocycles. The first-order valence-electron chi connectivity index (χ1n) is 6.42. The van der Waals surface area contributed by atoms with Gasteiger partial charge in [0.25, 0.3) is 5.91 Å². The number of fused-ring (bicyclic) bond motifs is 1. The Morgan fingerprint density at radius 1 is 1.16 bits per heavy atom. The summed E-state index contributed by atoms with van der Waals surface area (Å²) in [6, 6.07) is 11.0. The second kappa shape index (κ2) is 4.90. The Kier molecular flexibility index (Phi) is 3.09. The van der Waals surface area contributed by atoms with E-state index in [-0.39, 0.29) is 11.7 Å². The van der Waals surface area contributed by atoms with Gasteiger partial charge in [0.15, 0.2) is 0 Å². The zero-order valence-corrected chi connectivity index (χ0v) is 10.5. The van der Waals surface area contributed by atoms with Gasteiger partial charge in [-0.3, -0.25) is 9.63 Å². The summed E-state index contributed by atoms with van der Waals surface area (Å²) in [6.07, 6.45) is 1.90. The van der Waals surface area contributed by atoms with Crippen LogP contribution in [0.5, 0.6) is 5.75 Å². The van der Waals surface area contributed by atoms with E-state index in [9.17, 15) is 9.90 Å². The van der Waals surface area contributed by atoms with E-state index in [1.807, 2.05) is 24.3 Å².